The molecule has 1 aromatic rings. The van der Waals surface area contributed by atoms with Gasteiger partial charge in [0.2, 0.25) is 0 Å². The van der Waals surface area contributed by atoms with Gasteiger partial charge in [-0.1, -0.05) is 0 Å². The van der Waals surface area contributed by atoms with Crippen LogP contribution >= 0.6 is 15.9 Å². The van der Waals surface area contributed by atoms with Crippen molar-refractivity contribution in [2.75, 3.05) is 0 Å². The number of rotatable bonds is 2. The molecular weight excluding hydrogens is 218 g/mol. The van der Waals surface area contributed by atoms with E-state index in [0.717, 1.165) is 10.2 Å². The van der Waals surface area contributed by atoms with Crippen LogP contribution in [0.15, 0.2) is 10.8 Å². The van der Waals surface area contributed by atoms with Crippen molar-refractivity contribution in [1.29, 1.82) is 0 Å². The smallest absolute Gasteiger partial charge is 0.108 e. The maximum Gasteiger partial charge on any atom is 0.108 e. The minimum Gasteiger partial charge on any atom is -0.326 e. The summed E-state index contributed by atoms with van der Waals surface area (Å²) < 4.78 is 3.11. The quantitative estimate of drug-likeness (QED) is 0.842. The predicted molar refractivity (Wildman–Crippen MR) is 50.7 cm³/mol. The second-order valence-electron chi connectivity index (χ2n) is 3.19. The van der Waals surface area contributed by atoms with E-state index in [4.69, 9.17) is 5.73 Å². The van der Waals surface area contributed by atoms with Gasteiger partial charge in [-0.2, -0.15) is 5.10 Å². The van der Waals surface area contributed by atoms with E-state index < -0.39 is 0 Å². The van der Waals surface area contributed by atoms with Crippen molar-refractivity contribution in [3.63, 3.8) is 0 Å². The van der Waals surface area contributed by atoms with Gasteiger partial charge in [0.25, 0.3) is 0 Å². The zero-order valence-electron chi connectivity index (χ0n) is 6.83. The van der Waals surface area contributed by atoms with Gasteiger partial charge < -0.3 is 5.73 Å². The van der Waals surface area contributed by atoms with E-state index in [1.165, 1.54) is 19.3 Å². The Kier molecular flexibility index (Phi) is 2.19. The molecule has 1 aliphatic rings. The van der Waals surface area contributed by atoms with Crippen LogP contribution in [0.2, 0.25) is 0 Å². The first-order valence-corrected chi connectivity index (χ1v) is 5.04. The van der Waals surface area contributed by atoms with Crippen LogP contribution in [0.5, 0.6) is 0 Å². The second kappa shape index (κ2) is 3.18. The van der Waals surface area contributed by atoms with Crippen molar-refractivity contribution >= 4 is 15.9 Å². The summed E-state index contributed by atoms with van der Waals surface area (Å²) in [4.78, 5) is 0. The molecule has 66 valence electrons. The Balaban J connectivity index is 2.25. The fourth-order valence-electron chi connectivity index (χ4n) is 1.41. The molecule has 0 radical (unpaired) electrons. The molecule has 1 heterocycles. The van der Waals surface area contributed by atoms with Crippen molar-refractivity contribution in [2.24, 2.45) is 5.73 Å². The Morgan fingerprint density at radius 1 is 1.67 bits per heavy atom. The Hall–Kier alpha value is -0.350. The lowest BCUT2D eigenvalue weighted by Crippen LogP contribution is -2.18. The van der Waals surface area contributed by atoms with Gasteiger partial charge in [-0.3, -0.25) is 4.68 Å². The molecule has 0 aromatic carbocycles. The molecule has 0 spiro atoms. The molecule has 0 bridgehead atoms. The van der Waals surface area contributed by atoms with Crippen LogP contribution in [-0.2, 0) is 6.54 Å². The van der Waals surface area contributed by atoms with Crippen molar-refractivity contribution in [1.82, 2.24) is 9.78 Å². The van der Waals surface area contributed by atoms with E-state index in [-0.39, 0.29) is 0 Å². The number of hydrogen-bond acceptors (Lipinski definition) is 2. The summed E-state index contributed by atoms with van der Waals surface area (Å²) in [7, 11) is 0. The average Bonchev–Trinajstić information content (AvgIpc) is 2.30. The molecule has 3 nitrogen and oxygen atoms in total. The molecule has 1 saturated carbocycles. The van der Waals surface area contributed by atoms with Gasteiger partial charge in [0.1, 0.15) is 4.60 Å². The first-order valence-electron chi connectivity index (χ1n) is 4.25. The monoisotopic (exact) mass is 229 g/mol. The van der Waals surface area contributed by atoms with E-state index in [2.05, 4.69) is 21.0 Å². The van der Waals surface area contributed by atoms with Gasteiger partial charge in [-0.25, -0.2) is 0 Å². The van der Waals surface area contributed by atoms with E-state index in [9.17, 15) is 0 Å². The van der Waals surface area contributed by atoms with Crippen LogP contribution < -0.4 is 5.73 Å². The Morgan fingerprint density at radius 2 is 2.42 bits per heavy atom. The first-order chi connectivity index (χ1) is 5.83. The molecule has 0 atom stereocenters. The molecular formula is C8H12BrN3. The Morgan fingerprint density at radius 3 is 2.83 bits per heavy atom. The highest BCUT2D eigenvalue weighted by Crippen LogP contribution is 2.34. The average molecular weight is 230 g/mol. The normalized spacial score (nSPS) is 17.8. The third-order valence-electron chi connectivity index (χ3n) is 2.44. The SMILES string of the molecule is NCc1cnn(C2CCC2)c1Br. The maximum absolute atomic E-state index is 5.54. The van der Waals surface area contributed by atoms with E-state index in [1.54, 1.807) is 0 Å². The van der Waals surface area contributed by atoms with Crippen molar-refractivity contribution < 1.29 is 0 Å². The van der Waals surface area contributed by atoms with Crippen molar-refractivity contribution in [2.45, 2.75) is 31.8 Å². The summed E-state index contributed by atoms with van der Waals surface area (Å²) in [6.07, 6.45) is 5.69. The number of nitrogens with two attached hydrogens (primary N) is 1. The molecule has 0 aliphatic heterocycles. The van der Waals surface area contributed by atoms with Gasteiger partial charge in [0, 0.05) is 12.1 Å². The maximum atomic E-state index is 5.54. The number of nitrogens with zero attached hydrogens (tertiary/aromatic N) is 2. The van der Waals surface area contributed by atoms with Gasteiger partial charge in [0.15, 0.2) is 0 Å². The van der Waals surface area contributed by atoms with Crippen LogP contribution in [-0.4, -0.2) is 9.78 Å². The highest BCUT2D eigenvalue weighted by molar-refractivity contribution is 9.10. The molecule has 1 aliphatic carbocycles. The summed E-state index contributed by atoms with van der Waals surface area (Å²) in [5, 5.41) is 4.30. The largest absolute Gasteiger partial charge is 0.326 e. The summed E-state index contributed by atoms with van der Waals surface area (Å²) in [6.45, 7) is 0.563. The molecule has 1 fully saturated rings. The van der Waals surface area contributed by atoms with Crippen molar-refractivity contribution in [3.05, 3.63) is 16.4 Å². The standard InChI is InChI=1S/C8H12BrN3/c9-8-6(4-10)5-11-12(8)7-2-1-3-7/h5,7H,1-4,10H2. The third-order valence-corrected chi connectivity index (χ3v) is 3.32. The minimum atomic E-state index is 0.563. The summed E-state index contributed by atoms with van der Waals surface area (Å²) in [6, 6.07) is 0.611. The summed E-state index contributed by atoms with van der Waals surface area (Å²) >= 11 is 3.51. The predicted octanol–water partition coefficient (Wildman–Crippen LogP) is 1.83. The molecule has 1 aromatic heterocycles. The third kappa shape index (κ3) is 1.19. The minimum absolute atomic E-state index is 0.563. The summed E-state index contributed by atoms with van der Waals surface area (Å²) in [5.74, 6) is 0. The zero-order valence-corrected chi connectivity index (χ0v) is 8.42. The molecule has 2 N–H and O–H groups in total. The van der Waals surface area contributed by atoms with Crippen molar-refractivity contribution in [3.8, 4) is 0 Å². The van der Waals surface area contributed by atoms with E-state index >= 15 is 0 Å². The van der Waals surface area contributed by atoms with Gasteiger partial charge >= 0.3 is 0 Å². The number of halogens is 1. The van der Waals surface area contributed by atoms with Gasteiger partial charge in [0.05, 0.1) is 12.2 Å². The lowest BCUT2D eigenvalue weighted by Gasteiger charge is -2.26. The fraction of sp³-hybridized carbons (Fsp3) is 0.625. The number of hydrogen-bond donors (Lipinski definition) is 1. The van der Waals surface area contributed by atoms with Crippen LogP contribution in [0.3, 0.4) is 0 Å². The van der Waals surface area contributed by atoms with Crippen LogP contribution in [0.4, 0.5) is 0 Å². The zero-order chi connectivity index (χ0) is 8.55. The van der Waals surface area contributed by atoms with Crippen LogP contribution in [0, 0.1) is 0 Å². The number of aromatic nitrogens is 2. The molecule has 4 heteroatoms. The Bertz CT molecular complexity index is 278. The second-order valence-corrected chi connectivity index (χ2v) is 3.95. The first kappa shape index (κ1) is 8.26. The van der Waals surface area contributed by atoms with E-state index in [1.807, 2.05) is 10.9 Å². The Labute approximate surface area is 80.1 Å². The molecule has 2 rings (SSSR count). The van der Waals surface area contributed by atoms with Crippen LogP contribution in [0.1, 0.15) is 30.9 Å². The highest BCUT2D eigenvalue weighted by atomic mass is 79.9. The lowest BCUT2D eigenvalue weighted by molar-refractivity contribution is 0.285. The lowest BCUT2D eigenvalue weighted by atomic mass is 9.93. The summed E-state index contributed by atoms with van der Waals surface area (Å²) in [5.41, 5.74) is 6.64. The molecule has 12 heavy (non-hydrogen) atoms. The van der Waals surface area contributed by atoms with Gasteiger partial charge in [-0.15, -0.1) is 0 Å². The van der Waals surface area contributed by atoms with Gasteiger partial charge in [-0.05, 0) is 35.2 Å². The molecule has 0 unspecified atom stereocenters. The fourth-order valence-corrected chi connectivity index (χ4v) is 2.05. The molecule has 0 amide bonds. The highest BCUT2D eigenvalue weighted by Gasteiger charge is 2.22. The van der Waals surface area contributed by atoms with Crippen LogP contribution in [0.25, 0.3) is 0 Å². The topological polar surface area (TPSA) is 43.8 Å². The van der Waals surface area contributed by atoms with E-state index in [0.29, 0.717) is 12.6 Å². The molecule has 0 saturated heterocycles.